The Bertz CT molecular complexity index is 864. The van der Waals surface area contributed by atoms with E-state index in [0.29, 0.717) is 17.4 Å². The number of fused-ring (bicyclic) bond motifs is 1. The minimum Gasteiger partial charge on any atom is -0.493 e. The number of halogens is 1. The molecule has 1 N–H and O–H groups in total. The van der Waals surface area contributed by atoms with Gasteiger partial charge in [-0.05, 0) is 36.4 Å². The maximum absolute atomic E-state index is 11.7. The average Bonchev–Trinajstić information content (AvgIpc) is 2.98. The molecule has 0 bridgehead atoms. The molecule has 130 valence electrons. The summed E-state index contributed by atoms with van der Waals surface area (Å²) in [6, 6.07) is 14.8. The van der Waals surface area contributed by atoms with Gasteiger partial charge in [0.25, 0.3) is 0 Å². The van der Waals surface area contributed by atoms with E-state index < -0.39 is 6.61 Å². The molecule has 1 heterocycles. The number of para-hydroxylation sites is 2. The number of carbonyl (C=O) groups is 1. The summed E-state index contributed by atoms with van der Waals surface area (Å²) in [5.74, 6) is 1.19. The molecule has 0 spiro atoms. The van der Waals surface area contributed by atoms with Crippen molar-refractivity contribution in [3.63, 3.8) is 0 Å². The van der Waals surface area contributed by atoms with Crippen molar-refractivity contribution in [1.82, 2.24) is 9.55 Å². The van der Waals surface area contributed by atoms with Crippen molar-refractivity contribution in [2.75, 3.05) is 19.0 Å². The summed E-state index contributed by atoms with van der Waals surface area (Å²) in [7, 11) is 0. The summed E-state index contributed by atoms with van der Waals surface area (Å²) < 4.78 is 7.51. The predicted molar refractivity (Wildman–Crippen MR) is 99.5 cm³/mol. The highest BCUT2D eigenvalue weighted by molar-refractivity contribution is 7.99. The van der Waals surface area contributed by atoms with Gasteiger partial charge in [-0.25, -0.2) is 4.98 Å². The van der Waals surface area contributed by atoms with Crippen LogP contribution in [0.25, 0.3) is 11.0 Å². The number of nitrogens with zero attached hydrogens (tertiary/aromatic N) is 2. The number of imidazole rings is 1. The number of Topliss-reactive ketones (excluding diaryl/α,β-unsaturated/α-hetero) is 1. The van der Waals surface area contributed by atoms with Gasteiger partial charge in [0.05, 0.1) is 24.2 Å². The second-order valence-corrected chi connectivity index (χ2v) is 6.82. The van der Waals surface area contributed by atoms with Crippen LogP contribution >= 0.6 is 23.4 Å². The topological polar surface area (TPSA) is 64.3 Å². The number of thioether (sulfide) groups is 1. The van der Waals surface area contributed by atoms with E-state index in [9.17, 15) is 4.79 Å². The molecule has 5 nitrogen and oxygen atoms in total. The van der Waals surface area contributed by atoms with Gasteiger partial charge >= 0.3 is 0 Å². The molecule has 0 aliphatic heterocycles. The summed E-state index contributed by atoms with van der Waals surface area (Å²) in [5, 5.41) is 10.4. The normalized spacial score (nSPS) is 11.0. The fraction of sp³-hybridized carbons (Fsp3) is 0.222. The standard InChI is InChI=1S/C18H17ClN2O3S/c19-13-5-7-15(8-6-13)24-9-10-25-18-20-16-3-1-2-4-17(16)21(18)11-14(23)12-22/h1-8,22H,9-12H2. The van der Waals surface area contributed by atoms with Crippen LogP contribution < -0.4 is 4.74 Å². The van der Waals surface area contributed by atoms with Gasteiger partial charge in [0.1, 0.15) is 12.4 Å². The van der Waals surface area contributed by atoms with Crippen LogP contribution in [0.15, 0.2) is 53.7 Å². The van der Waals surface area contributed by atoms with Gasteiger partial charge < -0.3 is 14.4 Å². The van der Waals surface area contributed by atoms with E-state index in [4.69, 9.17) is 21.4 Å². The molecule has 0 atom stereocenters. The molecule has 0 fully saturated rings. The van der Waals surface area contributed by atoms with Crippen LogP contribution in [-0.2, 0) is 11.3 Å². The van der Waals surface area contributed by atoms with Crippen LogP contribution in [0.4, 0.5) is 0 Å². The Balaban J connectivity index is 1.66. The first-order valence-electron chi connectivity index (χ1n) is 7.76. The summed E-state index contributed by atoms with van der Waals surface area (Å²) in [6.45, 7) is 0.136. The highest BCUT2D eigenvalue weighted by atomic mass is 35.5. The van der Waals surface area contributed by atoms with Crippen molar-refractivity contribution in [2.24, 2.45) is 0 Å². The number of carbonyl (C=O) groups excluding carboxylic acids is 1. The quantitative estimate of drug-likeness (QED) is 0.482. The number of ketones is 1. The number of benzene rings is 2. The first-order valence-corrected chi connectivity index (χ1v) is 9.12. The summed E-state index contributed by atoms with van der Waals surface area (Å²) >= 11 is 7.36. The molecular formula is C18H17ClN2O3S. The van der Waals surface area contributed by atoms with E-state index in [-0.39, 0.29) is 12.3 Å². The van der Waals surface area contributed by atoms with Gasteiger partial charge in [-0.1, -0.05) is 35.5 Å². The molecule has 7 heteroatoms. The maximum Gasteiger partial charge on any atom is 0.177 e. The fourth-order valence-corrected chi connectivity index (χ4v) is 3.32. The summed E-state index contributed by atoms with van der Waals surface area (Å²) in [6.07, 6.45) is 0. The first kappa shape index (κ1) is 17.8. The van der Waals surface area contributed by atoms with Crippen LogP contribution in [0.1, 0.15) is 0 Å². The van der Waals surface area contributed by atoms with Gasteiger partial charge in [0.2, 0.25) is 0 Å². The maximum atomic E-state index is 11.7. The van der Waals surface area contributed by atoms with Crippen LogP contribution in [-0.4, -0.2) is 39.4 Å². The number of aliphatic hydroxyl groups is 1. The number of hydrogen-bond donors (Lipinski definition) is 1. The molecule has 0 aliphatic carbocycles. The molecule has 0 radical (unpaired) electrons. The third kappa shape index (κ3) is 4.54. The van der Waals surface area contributed by atoms with Crippen molar-refractivity contribution in [1.29, 1.82) is 0 Å². The lowest BCUT2D eigenvalue weighted by Gasteiger charge is -2.08. The third-order valence-electron chi connectivity index (χ3n) is 3.53. The zero-order chi connectivity index (χ0) is 17.6. The Morgan fingerprint density at radius 3 is 2.72 bits per heavy atom. The average molecular weight is 377 g/mol. The summed E-state index contributed by atoms with van der Waals surface area (Å²) in [5.41, 5.74) is 1.71. The van der Waals surface area contributed by atoms with Gasteiger partial charge in [0.15, 0.2) is 10.9 Å². The highest BCUT2D eigenvalue weighted by Gasteiger charge is 2.13. The zero-order valence-corrected chi connectivity index (χ0v) is 15.0. The van der Waals surface area contributed by atoms with Crippen molar-refractivity contribution in [3.05, 3.63) is 53.6 Å². The van der Waals surface area contributed by atoms with Crippen LogP contribution in [0, 0.1) is 0 Å². The minimum atomic E-state index is -0.476. The molecule has 25 heavy (non-hydrogen) atoms. The molecule has 0 unspecified atom stereocenters. The number of hydrogen-bond acceptors (Lipinski definition) is 5. The molecule has 3 rings (SSSR count). The zero-order valence-electron chi connectivity index (χ0n) is 13.4. The molecule has 0 saturated heterocycles. The largest absolute Gasteiger partial charge is 0.493 e. The second-order valence-electron chi connectivity index (χ2n) is 5.32. The van der Waals surface area contributed by atoms with E-state index in [0.717, 1.165) is 21.9 Å². The molecular weight excluding hydrogens is 360 g/mol. The lowest BCUT2D eigenvalue weighted by Crippen LogP contribution is -2.14. The monoisotopic (exact) mass is 376 g/mol. The Morgan fingerprint density at radius 2 is 1.96 bits per heavy atom. The number of aliphatic hydroxyl groups excluding tert-OH is 1. The lowest BCUT2D eigenvalue weighted by atomic mass is 10.3. The highest BCUT2D eigenvalue weighted by Crippen LogP contribution is 2.24. The SMILES string of the molecule is O=C(CO)Cn1c(SCCOc2ccc(Cl)cc2)nc2ccccc21. The molecule has 0 amide bonds. The number of ether oxygens (including phenoxy) is 1. The number of rotatable bonds is 8. The fourth-order valence-electron chi connectivity index (χ4n) is 2.37. The van der Waals surface area contributed by atoms with Gasteiger partial charge in [-0.3, -0.25) is 4.79 Å². The Hall–Kier alpha value is -2.02. The van der Waals surface area contributed by atoms with E-state index in [1.54, 1.807) is 12.1 Å². The van der Waals surface area contributed by atoms with Gasteiger partial charge in [-0.15, -0.1) is 0 Å². The smallest absolute Gasteiger partial charge is 0.177 e. The van der Waals surface area contributed by atoms with Crippen molar-refractivity contribution in [2.45, 2.75) is 11.7 Å². The van der Waals surface area contributed by atoms with E-state index in [1.165, 1.54) is 11.8 Å². The molecule has 0 aliphatic rings. The minimum absolute atomic E-state index is 0.109. The predicted octanol–water partition coefficient (Wildman–Crippen LogP) is 3.42. The Morgan fingerprint density at radius 1 is 1.20 bits per heavy atom. The van der Waals surface area contributed by atoms with Crippen molar-refractivity contribution < 1.29 is 14.6 Å². The Labute approximate surface area is 154 Å². The van der Waals surface area contributed by atoms with E-state index in [2.05, 4.69) is 4.98 Å². The van der Waals surface area contributed by atoms with Crippen LogP contribution in [0.3, 0.4) is 0 Å². The second kappa shape index (κ2) is 8.38. The summed E-state index contributed by atoms with van der Waals surface area (Å²) in [4.78, 5) is 16.2. The van der Waals surface area contributed by atoms with Gasteiger partial charge in [-0.2, -0.15) is 0 Å². The Kier molecular flexibility index (Phi) is 5.96. The van der Waals surface area contributed by atoms with Crippen molar-refractivity contribution >= 4 is 40.2 Å². The van der Waals surface area contributed by atoms with Crippen LogP contribution in [0.5, 0.6) is 5.75 Å². The van der Waals surface area contributed by atoms with E-state index >= 15 is 0 Å². The van der Waals surface area contributed by atoms with Gasteiger partial charge in [0, 0.05) is 10.8 Å². The van der Waals surface area contributed by atoms with Crippen LogP contribution in [0.2, 0.25) is 5.02 Å². The lowest BCUT2D eigenvalue weighted by molar-refractivity contribution is -0.122. The molecule has 1 aromatic heterocycles. The van der Waals surface area contributed by atoms with E-state index in [1.807, 2.05) is 41.0 Å². The molecule has 3 aromatic rings. The van der Waals surface area contributed by atoms with Crippen molar-refractivity contribution in [3.8, 4) is 5.75 Å². The number of aromatic nitrogens is 2. The third-order valence-corrected chi connectivity index (χ3v) is 4.72. The molecule has 0 saturated carbocycles. The molecule has 2 aromatic carbocycles. The first-order chi connectivity index (χ1) is 12.2.